The summed E-state index contributed by atoms with van der Waals surface area (Å²) in [6.45, 7) is 7.91. The van der Waals surface area contributed by atoms with E-state index < -0.39 is 0 Å². The molecule has 0 spiro atoms. The average Bonchev–Trinajstić information content (AvgIpc) is 3.39. The zero-order valence-corrected chi connectivity index (χ0v) is 20.8. The van der Waals surface area contributed by atoms with E-state index >= 15 is 0 Å². The minimum absolute atomic E-state index is 0. The van der Waals surface area contributed by atoms with Gasteiger partial charge in [-0.1, -0.05) is 31.9 Å². The first kappa shape index (κ1) is 24.9. The minimum Gasteiger partial charge on any atom is -0.357 e. The fourth-order valence-corrected chi connectivity index (χ4v) is 4.33. The van der Waals surface area contributed by atoms with E-state index in [0.717, 1.165) is 42.8 Å². The second-order valence-electron chi connectivity index (χ2n) is 8.25. The predicted octanol–water partition coefficient (Wildman–Crippen LogP) is 4.12. The average molecular weight is 527 g/mol. The number of hydrogen-bond acceptors (Lipinski definition) is 3. The number of likely N-dealkylation sites (tertiary alicyclic amines) is 1. The molecule has 30 heavy (non-hydrogen) atoms. The predicted molar refractivity (Wildman–Crippen MR) is 136 cm³/mol. The van der Waals surface area contributed by atoms with Gasteiger partial charge in [-0.15, -0.1) is 24.0 Å². The van der Waals surface area contributed by atoms with Crippen LogP contribution in [0.2, 0.25) is 0 Å². The number of carbonyl (C=O) groups is 1. The lowest BCUT2D eigenvalue weighted by Gasteiger charge is -2.24. The monoisotopic (exact) mass is 527 g/mol. The molecule has 0 aromatic heterocycles. The maximum Gasteiger partial charge on any atom is 0.224 e. The zero-order valence-electron chi connectivity index (χ0n) is 18.5. The van der Waals surface area contributed by atoms with Crippen molar-refractivity contribution < 1.29 is 4.79 Å². The SMILES string of the molecule is CCCC(=O)Nc1ccc(CN=C(NCC)NC2CCN(C3CCCC3)C2)cc1.I. The van der Waals surface area contributed by atoms with Gasteiger partial charge >= 0.3 is 0 Å². The Kier molecular flexibility index (Phi) is 10.9. The van der Waals surface area contributed by atoms with Gasteiger partial charge in [0.15, 0.2) is 5.96 Å². The van der Waals surface area contributed by atoms with Crippen LogP contribution in [0.3, 0.4) is 0 Å². The summed E-state index contributed by atoms with van der Waals surface area (Å²) in [6, 6.07) is 9.25. The largest absolute Gasteiger partial charge is 0.357 e. The van der Waals surface area contributed by atoms with Gasteiger partial charge < -0.3 is 16.0 Å². The van der Waals surface area contributed by atoms with Gasteiger partial charge in [-0.2, -0.15) is 0 Å². The van der Waals surface area contributed by atoms with Gasteiger partial charge in [-0.25, -0.2) is 4.99 Å². The van der Waals surface area contributed by atoms with Crippen LogP contribution in [0.5, 0.6) is 0 Å². The molecule has 1 heterocycles. The molecule has 1 amide bonds. The normalized spacial score (nSPS) is 20.1. The summed E-state index contributed by atoms with van der Waals surface area (Å²) in [4.78, 5) is 19.1. The molecule has 0 radical (unpaired) electrons. The van der Waals surface area contributed by atoms with Gasteiger partial charge in [0.2, 0.25) is 5.91 Å². The van der Waals surface area contributed by atoms with Gasteiger partial charge in [0.25, 0.3) is 0 Å². The van der Waals surface area contributed by atoms with Crippen LogP contribution in [-0.2, 0) is 11.3 Å². The molecule has 6 nitrogen and oxygen atoms in total. The molecular weight excluding hydrogens is 489 g/mol. The van der Waals surface area contributed by atoms with Crippen LogP contribution < -0.4 is 16.0 Å². The van der Waals surface area contributed by atoms with Gasteiger partial charge in [0.05, 0.1) is 6.54 Å². The van der Waals surface area contributed by atoms with Crippen LogP contribution in [0.25, 0.3) is 0 Å². The molecule has 1 aliphatic carbocycles. The van der Waals surface area contributed by atoms with E-state index in [1.165, 1.54) is 38.6 Å². The minimum atomic E-state index is 0. The Labute approximate surface area is 198 Å². The van der Waals surface area contributed by atoms with Crippen molar-refractivity contribution in [2.45, 2.75) is 77.4 Å². The molecular formula is C23H38IN5O. The quantitative estimate of drug-likeness (QED) is 0.271. The Bertz CT molecular complexity index is 673. The molecule has 7 heteroatoms. The fourth-order valence-electron chi connectivity index (χ4n) is 4.33. The van der Waals surface area contributed by atoms with Crippen molar-refractivity contribution in [3.63, 3.8) is 0 Å². The Balaban J connectivity index is 0.00000320. The molecule has 3 N–H and O–H groups in total. The van der Waals surface area contributed by atoms with Crippen molar-refractivity contribution in [3.8, 4) is 0 Å². The van der Waals surface area contributed by atoms with E-state index in [9.17, 15) is 4.79 Å². The third kappa shape index (κ3) is 7.72. The first-order valence-electron chi connectivity index (χ1n) is 11.4. The summed E-state index contributed by atoms with van der Waals surface area (Å²) in [7, 11) is 0. The number of anilines is 1. The van der Waals surface area contributed by atoms with E-state index in [4.69, 9.17) is 4.99 Å². The highest BCUT2D eigenvalue weighted by Crippen LogP contribution is 2.26. The van der Waals surface area contributed by atoms with Crippen molar-refractivity contribution in [2.24, 2.45) is 4.99 Å². The van der Waals surface area contributed by atoms with Crippen LogP contribution in [0, 0.1) is 0 Å². The summed E-state index contributed by atoms with van der Waals surface area (Å²) in [5, 5.41) is 9.94. The molecule has 3 rings (SSSR count). The van der Waals surface area contributed by atoms with Crippen molar-refractivity contribution in [1.82, 2.24) is 15.5 Å². The number of amides is 1. The second kappa shape index (κ2) is 13.1. The molecule has 1 saturated carbocycles. The molecule has 1 aliphatic heterocycles. The third-order valence-electron chi connectivity index (χ3n) is 5.88. The molecule has 2 fully saturated rings. The number of nitrogens with zero attached hydrogens (tertiary/aromatic N) is 2. The molecule has 0 bridgehead atoms. The summed E-state index contributed by atoms with van der Waals surface area (Å²) >= 11 is 0. The lowest BCUT2D eigenvalue weighted by molar-refractivity contribution is -0.116. The third-order valence-corrected chi connectivity index (χ3v) is 5.88. The summed E-state index contributed by atoms with van der Waals surface area (Å²) in [5.41, 5.74) is 1.98. The van der Waals surface area contributed by atoms with Crippen LogP contribution >= 0.6 is 24.0 Å². The zero-order chi connectivity index (χ0) is 20.5. The highest BCUT2D eigenvalue weighted by Gasteiger charge is 2.30. The second-order valence-corrected chi connectivity index (χ2v) is 8.25. The van der Waals surface area contributed by atoms with Gasteiger partial charge in [0.1, 0.15) is 0 Å². The van der Waals surface area contributed by atoms with E-state index in [1.807, 2.05) is 31.2 Å². The number of aliphatic imine (C=N–C) groups is 1. The van der Waals surface area contributed by atoms with E-state index in [-0.39, 0.29) is 29.9 Å². The highest BCUT2D eigenvalue weighted by atomic mass is 127. The van der Waals surface area contributed by atoms with Crippen molar-refractivity contribution in [1.29, 1.82) is 0 Å². The Morgan fingerprint density at radius 1 is 1.13 bits per heavy atom. The lowest BCUT2D eigenvalue weighted by atomic mass is 10.2. The van der Waals surface area contributed by atoms with Crippen LogP contribution in [-0.4, -0.2) is 48.5 Å². The van der Waals surface area contributed by atoms with Crippen molar-refractivity contribution >= 4 is 41.5 Å². The fraction of sp³-hybridized carbons (Fsp3) is 0.652. The highest BCUT2D eigenvalue weighted by molar-refractivity contribution is 14.0. The number of benzene rings is 1. The van der Waals surface area contributed by atoms with Crippen molar-refractivity contribution in [3.05, 3.63) is 29.8 Å². The Hall–Kier alpha value is -1.35. The molecule has 1 aromatic rings. The van der Waals surface area contributed by atoms with Gasteiger partial charge in [-0.05, 0) is 50.3 Å². The number of nitrogens with one attached hydrogen (secondary N) is 3. The van der Waals surface area contributed by atoms with E-state index in [2.05, 4.69) is 27.8 Å². The maximum atomic E-state index is 11.7. The summed E-state index contributed by atoms with van der Waals surface area (Å²) in [5.74, 6) is 0.964. The van der Waals surface area contributed by atoms with Gasteiger partial charge in [-0.3, -0.25) is 9.69 Å². The Morgan fingerprint density at radius 2 is 1.87 bits per heavy atom. The first-order chi connectivity index (χ1) is 14.2. The molecule has 1 aromatic carbocycles. The van der Waals surface area contributed by atoms with Crippen molar-refractivity contribution in [2.75, 3.05) is 25.0 Å². The number of hydrogen-bond donors (Lipinski definition) is 3. The Morgan fingerprint density at radius 3 is 2.53 bits per heavy atom. The molecule has 1 atom stereocenters. The lowest BCUT2D eigenvalue weighted by Crippen LogP contribution is -2.45. The topological polar surface area (TPSA) is 68.8 Å². The van der Waals surface area contributed by atoms with Crippen LogP contribution in [0.1, 0.15) is 64.4 Å². The summed E-state index contributed by atoms with van der Waals surface area (Å²) < 4.78 is 0. The van der Waals surface area contributed by atoms with Crippen LogP contribution in [0.15, 0.2) is 29.3 Å². The molecule has 2 aliphatic rings. The molecule has 1 saturated heterocycles. The number of halogens is 1. The van der Waals surface area contributed by atoms with Gasteiger partial charge in [0, 0.05) is 43.8 Å². The smallest absolute Gasteiger partial charge is 0.224 e. The standard InChI is InChI=1S/C23H37N5O.HI/c1-3-7-22(29)26-19-12-10-18(11-13-19)16-25-23(24-4-2)27-20-14-15-28(17-20)21-8-5-6-9-21;/h10-13,20-21H,3-9,14-17H2,1-2H3,(H,26,29)(H2,24,25,27);1H. The number of rotatable bonds is 8. The van der Waals surface area contributed by atoms with E-state index in [1.54, 1.807) is 0 Å². The summed E-state index contributed by atoms with van der Waals surface area (Å²) in [6.07, 6.45) is 8.13. The van der Waals surface area contributed by atoms with E-state index in [0.29, 0.717) is 19.0 Å². The number of guanidine groups is 1. The van der Waals surface area contributed by atoms with Crippen LogP contribution in [0.4, 0.5) is 5.69 Å². The molecule has 168 valence electrons. The first-order valence-corrected chi connectivity index (χ1v) is 11.4. The maximum absolute atomic E-state index is 11.7. The number of carbonyl (C=O) groups excluding carboxylic acids is 1. The molecule has 1 unspecified atom stereocenters.